The van der Waals surface area contributed by atoms with Crippen molar-refractivity contribution in [2.45, 2.75) is 45.6 Å². The van der Waals surface area contributed by atoms with Gasteiger partial charge in [0.05, 0.1) is 0 Å². The number of carbonyl (C=O) groups is 1. The molecule has 0 bridgehead atoms. The van der Waals surface area contributed by atoms with Gasteiger partial charge < -0.3 is 14.6 Å². The van der Waals surface area contributed by atoms with Crippen LogP contribution in [-0.4, -0.2) is 36.5 Å². The van der Waals surface area contributed by atoms with Crippen molar-refractivity contribution in [3.63, 3.8) is 0 Å². The fourth-order valence-corrected chi connectivity index (χ4v) is 2.56. The van der Waals surface area contributed by atoms with Gasteiger partial charge in [0.2, 0.25) is 0 Å². The molecule has 1 saturated heterocycles. The number of hydrogen-bond donors (Lipinski definition) is 1. The molecular formula is C15H24N2O2. The molecule has 1 aromatic heterocycles. The Balaban J connectivity index is 2.02. The number of aryl methyl sites for hydroxylation is 1. The van der Waals surface area contributed by atoms with Crippen molar-refractivity contribution < 1.29 is 9.21 Å². The van der Waals surface area contributed by atoms with E-state index in [1.807, 2.05) is 17.9 Å². The molecule has 2 heterocycles. The Kier molecular flexibility index (Phi) is 5.02. The van der Waals surface area contributed by atoms with Crippen LogP contribution >= 0.6 is 0 Å². The second-order valence-corrected chi connectivity index (χ2v) is 5.16. The van der Waals surface area contributed by atoms with Gasteiger partial charge in [-0.05, 0) is 37.9 Å². The largest absolute Gasteiger partial charge is 0.456 e. The molecule has 1 N–H and O–H groups in total. The van der Waals surface area contributed by atoms with Crippen molar-refractivity contribution in [3.05, 3.63) is 23.7 Å². The minimum absolute atomic E-state index is 0.0234. The van der Waals surface area contributed by atoms with Crippen LogP contribution in [0.1, 0.15) is 49.4 Å². The molecule has 1 unspecified atom stereocenters. The van der Waals surface area contributed by atoms with Crippen molar-refractivity contribution >= 4 is 5.91 Å². The molecule has 1 aliphatic rings. The number of furan rings is 1. The van der Waals surface area contributed by atoms with E-state index in [1.165, 1.54) is 6.42 Å². The monoisotopic (exact) mass is 264 g/mol. The van der Waals surface area contributed by atoms with E-state index >= 15 is 0 Å². The van der Waals surface area contributed by atoms with Crippen LogP contribution in [0, 0.1) is 0 Å². The first-order valence-electron chi connectivity index (χ1n) is 7.36. The van der Waals surface area contributed by atoms with Crippen LogP contribution in [0.3, 0.4) is 0 Å². The number of rotatable bonds is 6. The highest BCUT2D eigenvalue weighted by molar-refractivity contribution is 5.91. The van der Waals surface area contributed by atoms with Crippen LogP contribution in [-0.2, 0) is 6.42 Å². The van der Waals surface area contributed by atoms with Crippen molar-refractivity contribution in [3.8, 4) is 0 Å². The van der Waals surface area contributed by atoms with Gasteiger partial charge in [-0.15, -0.1) is 0 Å². The summed E-state index contributed by atoms with van der Waals surface area (Å²) in [4.78, 5) is 14.4. The lowest BCUT2D eigenvalue weighted by atomic mass is 10.2. The van der Waals surface area contributed by atoms with E-state index in [4.69, 9.17) is 4.42 Å². The van der Waals surface area contributed by atoms with Gasteiger partial charge in [0.15, 0.2) is 5.76 Å². The maximum Gasteiger partial charge on any atom is 0.289 e. The maximum absolute atomic E-state index is 12.5. The highest BCUT2D eigenvalue weighted by Gasteiger charge is 2.23. The smallest absolute Gasteiger partial charge is 0.289 e. The summed E-state index contributed by atoms with van der Waals surface area (Å²) in [5.74, 6) is 1.37. The quantitative estimate of drug-likeness (QED) is 0.858. The zero-order valence-corrected chi connectivity index (χ0v) is 11.9. The normalized spacial score (nSPS) is 18.7. The molecular weight excluding hydrogens is 240 g/mol. The Labute approximate surface area is 115 Å². The zero-order chi connectivity index (χ0) is 13.7. The molecule has 0 aromatic carbocycles. The number of hydrogen-bond acceptors (Lipinski definition) is 3. The molecule has 0 aliphatic carbocycles. The molecule has 1 amide bonds. The number of amides is 1. The van der Waals surface area contributed by atoms with Gasteiger partial charge in [0.1, 0.15) is 5.76 Å². The van der Waals surface area contributed by atoms with Gasteiger partial charge >= 0.3 is 0 Å². The van der Waals surface area contributed by atoms with Crippen molar-refractivity contribution in [1.29, 1.82) is 0 Å². The molecule has 0 radical (unpaired) electrons. The third kappa shape index (κ3) is 3.60. The first-order valence-corrected chi connectivity index (χ1v) is 7.36. The molecule has 1 atom stereocenters. The van der Waals surface area contributed by atoms with Crippen LogP contribution in [0.25, 0.3) is 0 Å². The van der Waals surface area contributed by atoms with E-state index in [0.29, 0.717) is 11.8 Å². The Hall–Kier alpha value is -1.29. The van der Waals surface area contributed by atoms with E-state index in [-0.39, 0.29) is 5.91 Å². The maximum atomic E-state index is 12.5. The summed E-state index contributed by atoms with van der Waals surface area (Å²) < 4.78 is 5.57. The van der Waals surface area contributed by atoms with Crippen LogP contribution < -0.4 is 5.32 Å². The van der Waals surface area contributed by atoms with Crippen LogP contribution in [0.5, 0.6) is 0 Å². The predicted molar refractivity (Wildman–Crippen MR) is 75.3 cm³/mol. The topological polar surface area (TPSA) is 45.5 Å². The molecule has 0 saturated carbocycles. The Morgan fingerprint density at radius 1 is 1.47 bits per heavy atom. The van der Waals surface area contributed by atoms with E-state index in [9.17, 15) is 4.79 Å². The van der Waals surface area contributed by atoms with E-state index < -0.39 is 0 Å². The van der Waals surface area contributed by atoms with E-state index in [2.05, 4.69) is 12.2 Å². The molecule has 1 aromatic rings. The molecule has 106 valence electrons. The van der Waals surface area contributed by atoms with Crippen LogP contribution in [0.15, 0.2) is 16.5 Å². The minimum Gasteiger partial charge on any atom is -0.456 e. The fraction of sp³-hybridized carbons (Fsp3) is 0.667. The summed E-state index contributed by atoms with van der Waals surface area (Å²) in [6, 6.07) is 4.13. The predicted octanol–water partition coefficient (Wildman–Crippen LogP) is 2.45. The first-order chi connectivity index (χ1) is 9.24. The fourth-order valence-electron chi connectivity index (χ4n) is 2.56. The molecule has 0 spiro atoms. The molecule has 4 heteroatoms. The second-order valence-electron chi connectivity index (χ2n) is 5.16. The molecule has 1 aliphatic heterocycles. The highest BCUT2D eigenvalue weighted by atomic mass is 16.4. The lowest BCUT2D eigenvalue weighted by Gasteiger charge is -2.24. The Morgan fingerprint density at radius 2 is 2.32 bits per heavy atom. The van der Waals surface area contributed by atoms with Crippen LogP contribution in [0.4, 0.5) is 0 Å². The Bertz CT molecular complexity index is 408. The number of nitrogens with zero attached hydrogens (tertiary/aromatic N) is 1. The van der Waals surface area contributed by atoms with Gasteiger partial charge in [-0.3, -0.25) is 4.79 Å². The molecule has 1 fully saturated rings. The first kappa shape index (κ1) is 14.1. The summed E-state index contributed by atoms with van der Waals surface area (Å²) in [5.41, 5.74) is 0. The summed E-state index contributed by atoms with van der Waals surface area (Å²) in [6.07, 6.45) is 4.16. The average Bonchev–Trinajstić information content (AvgIpc) is 3.08. The van der Waals surface area contributed by atoms with Crippen molar-refractivity contribution in [1.82, 2.24) is 10.2 Å². The second kappa shape index (κ2) is 6.75. The van der Waals surface area contributed by atoms with E-state index in [0.717, 1.165) is 44.7 Å². The summed E-state index contributed by atoms with van der Waals surface area (Å²) in [6.45, 7) is 6.77. The zero-order valence-electron chi connectivity index (χ0n) is 11.9. The van der Waals surface area contributed by atoms with Crippen LogP contribution in [0.2, 0.25) is 0 Å². The highest BCUT2D eigenvalue weighted by Crippen LogP contribution is 2.14. The van der Waals surface area contributed by atoms with Gasteiger partial charge in [0.25, 0.3) is 5.91 Å². The van der Waals surface area contributed by atoms with E-state index in [1.54, 1.807) is 6.07 Å². The summed E-state index contributed by atoms with van der Waals surface area (Å²) in [7, 11) is 0. The molecule has 19 heavy (non-hydrogen) atoms. The minimum atomic E-state index is 0.0234. The third-order valence-corrected chi connectivity index (χ3v) is 3.60. The standard InChI is InChI=1S/C15H24N2O2/c1-3-10-17(11-12-6-5-9-16-12)15(18)14-8-7-13(4-2)19-14/h7-8,12,16H,3-6,9-11H2,1-2H3. The lowest BCUT2D eigenvalue weighted by Crippen LogP contribution is -2.41. The van der Waals surface area contributed by atoms with Gasteiger partial charge in [0, 0.05) is 25.6 Å². The lowest BCUT2D eigenvalue weighted by molar-refractivity contribution is 0.0708. The SMILES string of the molecule is CCCN(CC1CCCN1)C(=O)c1ccc(CC)o1. The Morgan fingerprint density at radius 3 is 2.89 bits per heavy atom. The average molecular weight is 264 g/mol. The van der Waals surface area contributed by atoms with Gasteiger partial charge in [-0.2, -0.15) is 0 Å². The van der Waals surface area contributed by atoms with Gasteiger partial charge in [-0.1, -0.05) is 13.8 Å². The number of carbonyl (C=O) groups excluding carboxylic acids is 1. The van der Waals surface area contributed by atoms with Crippen molar-refractivity contribution in [2.75, 3.05) is 19.6 Å². The molecule has 2 rings (SSSR count). The van der Waals surface area contributed by atoms with Crippen molar-refractivity contribution in [2.24, 2.45) is 0 Å². The molecule has 4 nitrogen and oxygen atoms in total. The summed E-state index contributed by atoms with van der Waals surface area (Å²) in [5, 5.41) is 3.44. The third-order valence-electron chi connectivity index (χ3n) is 3.60. The van der Waals surface area contributed by atoms with Gasteiger partial charge in [-0.25, -0.2) is 0 Å². The summed E-state index contributed by atoms with van der Waals surface area (Å²) >= 11 is 0. The number of nitrogens with one attached hydrogen (secondary N) is 1.